The molecule has 1 aromatic heterocycles. The summed E-state index contributed by atoms with van der Waals surface area (Å²) < 4.78 is 0. The number of nitrogens with two attached hydrogens (primary N) is 1. The lowest BCUT2D eigenvalue weighted by molar-refractivity contribution is -0.681. The van der Waals surface area contributed by atoms with Gasteiger partial charge < -0.3 is 16.0 Å². The Morgan fingerprint density at radius 1 is 1.25 bits per heavy atom. The lowest BCUT2D eigenvalue weighted by Crippen LogP contribution is -2.86. The molecule has 0 aliphatic heterocycles. The first-order valence-corrected chi connectivity index (χ1v) is 9.08. The molecule has 0 bridgehead atoms. The molecule has 0 unspecified atom stereocenters. The average Bonchev–Trinajstić information content (AvgIpc) is 3.22. The predicted octanol–water partition coefficient (Wildman–Crippen LogP) is 1.90. The minimum atomic E-state index is -0.121. The van der Waals surface area contributed by atoms with Crippen molar-refractivity contribution in [1.29, 1.82) is 0 Å². The van der Waals surface area contributed by atoms with Gasteiger partial charge in [0.1, 0.15) is 6.04 Å². The van der Waals surface area contributed by atoms with Crippen LogP contribution in [0, 0.1) is 0 Å². The number of amides is 2. The summed E-state index contributed by atoms with van der Waals surface area (Å²) in [5.74, 6) is -0.227. The summed E-state index contributed by atoms with van der Waals surface area (Å²) in [5, 5.41) is 9.84. The Bertz CT molecular complexity index is 711. The molecule has 1 aromatic carbocycles. The molecule has 2 amide bonds. The van der Waals surface area contributed by atoms with Gasteiger partial charge in [-0.2, -0.15) is 0 Å². The van der Waals surface area contributed by atoms with Crippen LogP contribution >= 0.6 is 11.3 Å². The fourth-order valence-electron chi connectivity index (χ4n) is 2.43. The van der Waals surface area contributed by atoms with Crippen molar-refractivity contribution < 1.29 is 14.9 Å². The highest BCUT2D eigenvalue weighted by Gasteiger charge is 2.25. The lowest BCUT2D eigenvalue weighted by atomic mass is 10.1. The Balaban J connectivity index is 1.56. The highest BCUT2D eigenvalue weighted by Crippen LogP contribution is 2.21. The van der Waals surface area contributed by atoms with Gasteiger partial charge in [-0.25, -0.2) is 0 Å². The second-order valence-corrected chi connectivity index (χ2v) is 7.06. The Morgan fingerprint density at radius 3 is 2.75 bits per heavy atom. The summed E-state index contributed by atoms with van der Waals surface area (Å²) in [5.41, 5.74) is 1.09. The number of carbonyl (C=O) groups excluding carboxylic acids is 2. The number of carbonyl (C=O) groups is 2. The first-order chi connectivity index (χ1) is 11.6. The molecule has 1 aliphatic rings. The van der Waals surface area contributed by atoms with Crippen molar-refractivity contribution >= 4 is 28.8 Å². The fourth-order valence-corrected chi connectivity index (χ4v) is 3.21. The van der Waals surface area contributed by atoms with Gasteiger partial charge in [0, 0.05) is 6.04 Å². The van der Waals surface area contributed by atoms with Gasteiger partial charge in [-0.15, -0.1) is 11.3 Å². The minimum Gasteiger partial charge on any atom is -0.349 e. The molecule has 0 saturated heterocycles. The van der Waals surface area contributed by atoms with Crippen molar-refractivity contribution in [2.75, 3.05) is 11.9 Å². The number of benzene rings is 1. The summed E-state index contributed by atoms with van der Waals surface area (Å²) in [4.78, 5) is 25.7. The Hall–Kier alpha value is -2.18. The van der Waals surface area contributed by atoms with Crippen LogP contribution in [0.4, 0.5) is 5.69 Å². The molecule has 1 aliphatic carbocycles. The molecule has 1 fully saturated rings. The number of nitrogens with one attached hydrogen (secondary N) is 2. The van der Waals surface area contributed by atoms with E-state index in [9.17, 15) is 9.59 Å². The number of hydrogen-bond donors (Lipinski definition) is 3. The van der Waals surface area contributed by atoms with Crippen LogP contribution in [0.1, 0.15) is 41.0 Å². The second-order valence-electron chi connectivity index (χ2n) is 6.09. The van der Waals surface area contributed by atoms with E-state index >= 15 is 0 Å². The van der Waals surface area contributed by atoms with Gasteiger partial charge in [-0.3, -0.25) is 9.59 Å². The summed E-state index contributed by atoms with van der Waals surface area (Å²) in [6.07, 6.45) is 2.08. The van der Waals surface area contributed by atoms with E-state index in [1.807, 2.05) is 28.9 Å². The quantitative estimate of drug-likeness (QED) is 0.718. The maximum Gasteiger partial charge on any atom is 0.279 e. The van der Waals surface area contributed by atoms with E-state index in [1.165, 1.54) is 4.88 Å². The van der Waals surface area contributed by atoms with Gasteiger partial charge in [0.05, 0.1) is 16.1 Å². The van der Waals surface area contributed by atoms with Crippen LogP contribution in [0.15, 0.2) is 41.8 Å². The molecule has 5 nitrogen and oxygen atoms in total. The number of quaternary nitrogens is 1. The van der Waals surface area contributed by atoms with E-state index in [2.05, 4.69) is 23.6 Å². The topological polar surface area (TPSA) is 74.8 Å². The molecule has 4 N–H and O–H groups in total. The molecule has 1 saturated carbocycles. The van der Waals surface area contributed by atoms with Crippen molar-refractivity contribution in [2.24, 2.45) is 0 Å². The highest BCUT2D eigenvalue weighted by molar-refractivity contribution is 7.10. The van der Waals surface area contributed by atoms with Crippen molar-refractivity contribution in [2.45, 2.75) is 31.8 Å². The van der Waals surface area contributed by atoms with Gasteiger partial charge in [-0.1, -0.05) is 18.2 Å². The number of thiophene rings is 1. The molecule has 0 spiro atoms. The Kier molecular flexibility index (Phi) is 5.27. The molecular weight excluding hydrogens is 322 g/mol. The summed E-state index contributed by atoms with van der Waals surface area (Å²) >= 11 is 1.69. The molecule has 126 valence electrons. The van der Waals surface area contributed by atoms with Crippen molar-refractivity contribution in [3.05, 3.63) is 52.2 Å². The van der Waals surface area contributed by atoms with E-state index < -0.39 is 0 Å². The number of hydrogen-bond acceptors (Lipinski definition) is 3. The van der Waals surface area contributed by atoms with Crippen LogP contribution in [0.3, 0.4) is 0 Å². The van der Waals surface area contributed by atoms with Crippen LogP contribution in [0.25, 0.3) is 0 Å². The maximum absolute atomic E-state index is 12.3. The third-order valence-electron chi connectivity index (χ3n) is 4.01. The zero-order valence-electron chi connectivity index (χ0n) is 13.6. The number of para-hydroxylation sites is 1. The molecule has 24 heavy (non-hydrogen) atoms. The SMILES string of the molecule is C[C@@H]([NH2+]CC(=O)Nc1ccccc1C(=O)NC1CC1)c1cccs1. The highest BCUT2D eigenvalue weighted by atomic mass is 32.1. The maximum atomic E-state index is 12.3. The third-order valence-corrected chi connectivity index (χ3v) is 5.08. The zero-order chi connectivity index (χ0) is 16.9. The van der Waals surface area contributed by atoms with Gasteiger partial charge >= 0.3 is 0 Å². The normalized spacial score (nSPS) is 14.9. The van der Waals surface area contributed by atoms with E-state index in [-0.39, 0.29) is 17.9 Å². The number of rotatable bonds is 7. The molecule has 1 atom stereocenters. The summed E-state index contributed by atoms with van der Waals surface area (Å²) in [7, 11) is 0. The Labute approximate surface area is 145 Å². The molecule has 6 heteroatoms. The molecule has 0 radical (unpaired) electrons. The molecule has 2 aromatic rings. The Morgan fingerprint density at radius 2 is 2.04 bits per heavy atom. The molecule has 3 rings (SSSR count). The largest absolute Gasteiger partial charge is 0.349 e. The first-order valence-electron chi connectivity index (χ1n) is 8.20. The fraction of sp³-hybridized carbons (Fsp3) is 0.333. The van der Waals surface area contributed by atoms with Gasteiger partial charge in [0.25, 0.3) is 11.8 Å². The van der Waals surface area contributed by atoms with Gasteiger partial charge in [0.2, 0.25) is 0 Å². The average molecular weight is 344 g/mol. The first kappa shape index (κ1) is 16.7. The van der Waals surface area contributed by atoms with E-state index in [4.69, 9.17) is 0 Å². The van der Waals surface area contributed by atoms with Crippen LogP contribution in [0.5, 0.6) is 0 Å². The van der Waals surface area contributed by atoms with E-state index in [0.29, 0.717) is 23.8 Å². The molecule has 1 heterocycles. The smallest absolute Gasteiger partial charge is 0.279 e. The van der Waals surface area contributed by atoms with Crippen LogP contribution < -0.4 is 16.0 Å². The number of anilines is 1. The third kappa shape index (κ3) is 4.43. The lowest BCUT2D eigenvalue weighted by Gasteiger charge is -2.12. The standard InChI is InChI=1S/C18H21N3O2S/c1-12(16-7-4-10-24-16)19-11-17(22)21-15-6-3-2-5-14(15)18(23)20-13-8-9-13/h2-7,10,12-13,19H,8-9,11H2,1H3,(H,20,23)(H,21,22)/p+1/t12-/m1/s1. The minimum absolute atomic E-state index is 0.106. The van der Waals surface area contributed by atoms with Gasteiger partial charge in [-0.05, 0) is 43.3 Å². The van der Waals surface area contributed by atoms with E-state index in [0.717, 1.165) is 12.8 Å². The summed E-state index contributed by atoms with van der Waals surface area (Å²) in [6, 6.07) is 11.8. The van der Waals surface area contributed by atoms with Crippen molar-refractivity contribution in [3.63, 3.8) is 0 Å². The predicted molar refractivity (Wildman–Crippen MR) is 95.1 cm³/mol. The van der Waals surface area contributed by atoms with Crippen molar-refractivity contribution in [3.8, 4) is 0 Å². The zero-order valence-corrected chi connectivity index (χ0v) is 14.4. The van der Waals surface area contributed by atoms with Crippen LogP contribution in [-0.2, 0) is 4.79 Å². The second kappa shape index (κ2) is 7.59. The molecular formula is C18H22N3O2S+. The monoisotopic (exact) mass is 344 g/mol. The van der Waals surface area contributed by atoms with Crippen molar-refractivity contribution in [1.82, 2.24) is 5.32 Å². The van der Waals surface area contributed by atoms with Crippen LogP contribution in [0.2, 0.25) is 0 Å². The van der Waals surface area contributed by atoms with Crippen LogP contribution in [-0.4, -0.2) is 24.4 Å². The van der Waals surface area contributed by atoms with E-state index in [1.54, 1.807) is 23.5 Å². The van der Waals surface area contributed by atoms with Gasteiger partial charge in [0.15, 0.2) is 6.54 Å². The summed E-state index contributed by atoms with van der Waals surface area (Å²) in [6.45, 7) is 2.40.